The summed E-state index contributed by atoms with van der Waals surface area (Å²) in [6.45, 7) is 6.77. The second kappa shape index (κ2) is 10.6. The number of rotatable bonds is 5. The average Bonchev–Trinajstić information content (AvgIpc) is 3.06. The summed E-state index contributed by atoms with van der Waals surface area (Å²) in [4.78, 5) is 0. The van der Waals surface area contributed by atoms with Crippen LogP contribution in [0.1, 0.15) is 50.3 Å². The minimum atomic E-state index is -0.556. The molecule has 3 heteroatoms. The summed E-state index contributed by atoms with van der Waals surface area (Å²) < 4.78 is 0. The number of unbranched alkanes of at least 4 members (excludes halogenated alkanes) is 1. The second-order valence-electron chi connectivity index (χ2n) is 6.62. The van der Waals surface area contributed by atoms with Gasteiger partial charge in [-0.25, -0.2) is 0 Å². The molecule has 0 amide bonds. The average molecular weight is 408 g/mol. The maximum atomic E-state index is 4.89. The molecule has 3 rings (SSSR count). The van der Waals surface area contributed by atoms with E-state index in [0.717, 1.165) is 0 Å². The first-order valence-electron chi connectivity index (χ1n) is 8.85. The van der Waals surface area contributed by atoms with Crippen molar-refractivity contribution in [3.05, 3.63) is 71.1 Å². The van der Waals surface area contributed by atoms with Crippen LogP contribution < -0.4 is 0 Å². The normalized spacial score (nSPS) is 12.3. The number of hydrogen-bond acceptors (Lipinski definition) is 0. The van der Waals surface area contributed by atoms with Crippen LogP contribution in [0.2, 0.25) is 0 Å². The van der Waals surface area contributed by atoms with Gasteiger partial charge in [0.15, 0.2) is 0 Å². The van der Waals surface area contributed by atoms with Gasteiger partial charge in [-0.2, -0.15) is 0 Å². The summed E-state index contributed by atoms with van der Waals surface area (Å²) in [5.74, 6) is 0.580. The van der Waals surface area contributed by atoms with Crippen molar-refractivity contribution >= 4 is 24.7 Å². The predicted octanol–water partition coefficient (Wildman–Crippen LogP) is 7.68. The summed E-state index contributed by atoms with van der Waals surface area (Å²) in [5, 5.41) is 0. The van der Waals surface area contributed by atoms with Crippen LogP contribution in [0.15, 0.2) is 48.0 Å². The van der Waals surface area contributed by atoms with Crippen molar-refractivity contribution in [2.75, 3.05) is 0 Å². The molecular weight excluding hydrogens is 383 g/mol. The topological polar surface area (TPSA) is 0 Å². The summed E-state index contributed by atoms with van der Waals surface area (Å²) in [5.41, 5.74) is 8.30. The van der Waals surface area contributed by atoms with Crippen LogP contribution in [0.4, 0.5) is 0 Å². The van der Waals surface area contributed by atoms with E-state index in [1.807, 2.05) is 0 Å². The molecule has 131 valence electrons. The first kappa shape index (κ1) is 20.8. The molecule has 1 aliphatic carbocycles. The van der Waals surface area contributed by atoms with Crippen molar-refractivity contribution in [1.82, 2.24) is 0 Å². The van der Waals surface area contributed by atoms with E-state index in [-0.39, 0.29) is 0 Å². The molecule has 0 saturated carbocycles. The van der Waals surface area contributed by atoms with Crippen molar-refractivity contribution in [3.63, 3.8) is 0 Å². The molecule has 0 aliphatic heterocycles. The zero-order valence-electron chi connectivity index (χ0n) is 15.2. The van der Waals surface area contributed by atoms with E-state index < -0.39 is 17.0 Å². The van der Waals surface area contributed by atoms with Gasteiger partial charge in [0.1, 0.15) is 0 Å². The third-order valence-electron chi connectivity index (χ3n) is 4.52. The number of hydrogen-bond donors (Lipinski definition) is 0. The van der Waals surface area contributed by atoms with Gasteiger partial charge in [0, 0.05) is 6.42 Å². The molecule has 0 fully saturated rings. The molecule has 0 bridgehead atoms. The fourth-order valence-corrected chi connectivity index (χ4v) is 3.07. The predicted molar refractivity (Wildman–Crippen MR) is 108 cm³/mol. The minimum absolute atomic E-state index is 0.556. The summed E-state index contributed by atoms with van der Waals surface area (Å²) >= 11 is -0.556. The molecule has 0 atom stereocenters. The van der Waals surface area contributed by atoms with Crippen LogP contribution in [0.3, 0.4) is 0 Å². The zero-order valence-corrected chi connectivity index (χ0v) is 18.2. The Kier molecular flexibility index (Phi) is 8.80. The molecule has 1 aliphatic rings. The van der Waals surface area contributed by atoms with Gasteiger partial charge >= 0.3 is 35.6 Å². The van der Waals surface area contributed by atoms with Crippen LogP contribution >= 0.6 is 18.6 Å². The quantitative estimate of drug-likeness (QED) is 0.445. The molecule has 0 saturated heterocycles. The van der Waals surface area contributed by atoms with Crippen LogP contribution in [-0.4, -0.2) is 0 Å². The number of allylic oxidation sites excluding steroid dienone is 1. The molecule has 0 heterocycles. The first-order valence-corrected chi connectivity index (χ1v) is 13.1. The van der Waals surface area contributed by atoms with Crippen molar-refractivity contribution in [3.8, 4) is 11.1 Å². The van der Waals surface area contributed by atoms with Gasteiger partial charge in [-0.05, 0) is 46.6 Å². The first-order chi connectivity index (χ1) is 12.1. The number of fused-ring (bicyclic) bond motifs is 1. The molecule has 2 aromatic rings. The Labute approximate surface area is 169 Å². The number of aryl methyl sites for hydroxylation is 1. The monoisotopic (exact) mass is 407 g/mol. The number of halogens is 2. The summed E-state index contributed by atoms with van der Waals surface area (Å²) in [7, 11) is 9.78. The fraction of sp³-hybridized carbons (Fsp3) is 0.318. The fourth-order valence-electron chi connectivity index (χ4n) is 3.07. The van der Waals surface area contributed by atoms with Gasteiger partial charge in [-0.15, -0.1) is 0 Å². The third kappa shape index (κ3) is 5.73. The van der Waals surface area contributed by atoms with Crippen molar-refractivity contribution in [2.24, 2.45) is 5.92 Å². The van der Waals surface area contributed by atoms with Crippen LogP contribution in [0, 0.1) is 12.3 Å². The van der Waals surface area contributed by atoms with E-state index in [1.165, 1.54) is 52.7 Å². The third-order valence-corrected chi connectivity index (χ3v) is 4.52. The van der Waals surface area contributed by atoms with Crippen LogP contribution in [0.25, 0.3) is 17.2 Å². The van der Waals surface area contributed by atoms with Crippen molar-refractivity contribution in [1.29, 1.82) is 0 Å². The van der Waals surface area contributed by atoms with E-state index in [2.05, 4.69) is 75.7 Å². The molecule has 2 aromatic carbocycles. The zero-order chi connectivity index (χ0) is 18.2. The Bertz CT molecular complexity index is 702. The molecule has 25 heavy (non-hydrogen) atoms. The van der Waals surface area contributed by atoms with Crippen molar-refractivity contribution in [2.45, 2.75) is 40.0 Å². The summed E-state index contributed by atoms with van der Waals surface area (Å²) in [6, 6.07) is 15.8. The Balaban J connectivity index is 0.000000701. The number of benzene rings is 2. The molecular formula is C22H25Cl2Ti. The van der Waals surface area contributed by atoms with Gasteiger partial charge in [0.2, 0.25) is 0 Å². The SMILES string of the molecule is CCCCc1ccc(-c2cccc3c2C=C(C(C)C)[CH]3)cc1.[Cl][Ti][Cl]. The molecule has 0 N–H and O–H groups in total. The van der Waals surface area contributed by atoms with E-state index >= 15 is 0 Å². The Morgan fingerprint density at radius 2 is 1.68 bits per heavy atom. The van der Waals surface area contributed by atoms with E-state index in [1.54, 1.807) is 0 Å². The Morgan fingerprint density at radius 1 is 1.00 bits per heavy atom. The van der Waals surface area contributed by atoms with Crippen molar-refractivity contribution < 1.29 is 17.0 Å². The molecule has 0 nitrogen and oxygen atoms in total. The van der Waals surface area contributed by atoms with E-state index in [0.29, 0.717) is 5.92 Å². The van der Waals surface area contributed by atoms with E-state index in [9.17, 15) is 0 Å². The van der Waals surface area contributed by atoms with Gasteiger partial charge < -0.3 is 0 Å². The maximum absolute atomic E-state index is 4.89. The van der Waals surface area contributed by atoms with Gasteiger partial charge in [-0.1, -0.05) is 81.3 Å². The van der Waals surface area contributed by atoms with Crippen LogP contribution in [0.5, 0.6) is 0 Å². The summed E-state index contributed by atoms with van der Waals surface area (Å²) in [6.07, 6.45) is 8.41. The molecule has 0 unspecified atom stereocenters. The van der Waals surface area contributed by atoms with Gasteiger partial charge in [0.05, 0.1) is 0 Å². The Morgan fingerprint density at radius 3 is 2.28 bits per heavy atom. The van der Waals surface area contributed by atoms with Gasteiger partial charge in [-0.3, -0.25) is 0 Å². The second-order valence-corrected chi connectivity index (χ2v) is 9.20. The molecule has 0 spiro atoms. The van der Waals surface area contributed by atoms with Gasteiger partial charge in [0.25, 0.3) is 0 Å². The van der Waals surface area contributed by atoms with Crippen LogP contribution in [-0.2, 0) is 23.5 Å². The Hall–Kier alpha value is -0.526. The standard InChI is InChI=1S/C22H25.2ClH.Ti/c1-4-5-7-17-10-12-18(13-11-17)21-9-6-8-19-14-20(16(2)3)15-22(19)21;;;/h6,8-16H,4-5,7H2,1-3H3;2*1H;/q;;;+2/p-2. The van der Waals surface area contributed by atoms with E-state index in [4.69, 9.17) is 18.6 Å². The molecule has 0 aromatic heterocycles. The molecule has 1 radical (unpaired) electrons.